The average Bonchev–Trinajstić information content (AvgIpc) is 1.99. The molecule has 0 spiro atoms. The fraction of sp³-hybridized carbons (Fsp3) is 0.667. The van der Waals surface area contributed by atoms with Gasteiger partial charge in [0.1, 0.15) is 12.6 Å². The van der Waals surface area contributed by atoms with E-state index in [1.165, 1.54) is 0 Å². The normalized spacial score (nSPS) is 12.2. The zero-order valence-electron chi connectivity index (χ0n) is 6.24. The van der Waals surface area contributed by atoms with Crippen molar-refractivity contribution in [3.8, 4) is 0 Å². The maximum atomic E-state index is 10.5. The van der Waals surface area contributed by atoms with Crippen LogP contribution >= 0.6 is 0 Å². The number of aliphatic carboxylic acids is 1. The lowest BCUT2D eigenvalue weighted by molar-refractivity contribution is -0.147. The van der Waals surface area contributed by atoms with Crippen molar-refractivity contribution in [2.45, 2.75) is 19.4 Å². The van der Waals surface area contributed by atoms with Gasteiger partial charge in [0, 0.05) is 6.42 Å². The van der Waals surface area contributed by atoms with Crippen molar-refractivity contribution in [2.75, 3.05) is 6.61 Å². The van der Waals surface area contributed by atoms with E-state index in [-0.39, 0.29) is 13.0 Å². The summed E-state index contributed by atoms with van der Waals surface area (Å²) in [6.45, 7) is 1.36. The molecule has 0 aliphatic carbocycles. The van der Waals surface area contributed by atoms with E-state index in [1.54, 1.807) is 6.92 Å². The third kappa shape index (κ3) is 4.32. The average molecular weight is 161 g/mol. The van der Waals surface area contributed by atoms with E-state index < -0.39 is 18.0 Å². The number of hydrogen-bond acceptors (Lipinski definition) is 4. The second-order valence-corrected chi connectivity index (χ2v) is 1.98. The molecule has 11 heavy (non-hydrogen) atoms. The molecule has 0 aliphatic heterocycles. The number of carboxylic acids is 1. The second-order valence-electron chi connectivity index (χ2n) is 1.98. The number of nitrogens with two attached hydrogens (primary N) is 1. The number of esters is 1. The molecule has 0 rings (SSSR count). The van der Waals surface area contributed by atoms with E-state index in [1.807, 2.05) is 0 Å². The highest BCUT2D eigenvalue weighted by Crippen LogP contribution is 1.86. The molecular weight excluding hydrogens is 150 g/mol. The van der Waals surface area contributed by atoms with Gasteiger partial charge in [-0.1, -0.05) is 6.92 Å². The number of ether oxygens (including phenoxy) is 1. The largest absolute Gasteiger partial charge is 0.480 e. The Morgan fingerprint density at radius 1 is 1.64 bits per heavy atom. The molecule has 0 radical (unpaired) electrons. The molecule has 0 aromatic heterocycles. The summed E-state index contributed by atoms with van der Waals surface area (Å²) in [7, 11) is 0. The first-order valence-corrected chi connectivity index (χ1v) is 3.22. The fourth-order valence-corrected chi connectivity index (χ4v) is 0.356. The first-order valence-electron chi connectivity index (χ1n) is 3.22. The Hall–Kier alpha value is -1.10. The minimum Gasteiger partial charge on any atom is -0.480 e. The number of rotatable bonds is 4. The Kier molecular flexibility index (Phi) is 4.21. The standard InChI is InChI=1S/C6H11NO4/c1-2-5(8)11-3-4(7)6(9)10/h4H,2-3,7H2,1H3,(H,9,10). The Morgan fingerprint density at radius 3 is 2.55 bits per heavy atom. The number of carbonyl (C=O) groups is 2. The Balaban J connectivity index is 3.54. The molecule has 0 fully saturated rings. The summed E-state index contributed by atoms with van der Waals surface area (Å²) in [4.78, 5) is 20.6. The molecular formula is C6H11NO4. The molecule has 5 nitrogen and oxygen atoms in total. The van der Waals surface area contributed by atoms with Crippen LogP contribution in [0.1, 0.15) is 13.3 Å². The van der Waals surface area contributed by atoms with Crippen molar-refractivity contribution in [3.05, 3.63) is 0 Å². The summed E-state index contributed by atoms with van der Waals surface area (Å²) in [6, 6.07) is -1.12. The van der Waals surface area contributed by atoms with Gasteiger partial charge >= 0.3 is 11.9 Å². The molecule has 1 atom stereocenters. The molecule has 0 aromatic rings. The number of carbonyl (C=O) groups excluding carboxylic acids is 1. The maximum Gasteiger partial charge on any atom is 0.324 e. The van der Waals surface area contributed by atoms with Gasteiger partial charge in [0.25, 0.3) is 0 Å². The molecule has 0 aliphatic rings. The van der Waals surface area contributed by atoms with Crippen LogP contribution in [0.2, 0.25) is 0 Å². The van der Waals surface area contributed by atoms with Crippen LogP contribution in [0.5, 0.6) is 0 Å². The van der Waals surface area contributed by atoms with Crippen molar-refractivity contribution in [3.63, 3.8) is 0 Å². The van der Waals surface area contributed by atoms with Crippen molar-refractivity contribution in [1.29, 1.82) is 0 Å². The fourth-order valence-electron chi connectivity index (χ4n) is 0.356. The first-order chi connectivity index (χ1) is 5.07. The van der Waals surface area contributed by atoms with Gasteiger partial charge in [0.05, 0.1) is 0 Å². The maximum absolute atomic E-state index is 10.5. The monoisotopic (exact) mass is 161 g/mol. The van der Waals surface area contributed by atoms with Crippen LogP contribution in [0.15, 0.2) is 0 Å². The zero-order chi connectivity index (χ0) is 8.85. The highest BCUT2D eigenvalue weighted by atomic mass is 16.5. The summed E-state index contributed by atoms with van der Waals surface area (Å²) >= 11 is 0. The molecule has 0 heterocycles. The molecule has 0 saturated carbocycles. The smallest absolute Gasteiger partial charge is 0.324 e. The van der Waals surface area contributed by atoms with E-state index >= 15 is 0 Å². The Labute approximate surface area is 64.1 Å². The lowest BCUT2D eigenvalue weighted by Gasteiger charge is -2.05. The Bertz CT molecular complexity index is 157. The Morgan fingerprint density at radius 2 is 2.18 bits per heavy atom. The van der Waals surface area contributed by atoms with E-state index in [0.29, 0.717) is 0 Å². The highest BCUT2D eigenvalue weighted by Gasteiger charge is 2.12. The quantitative estimate of drug-likeness (QED) is 0.535. The lowest BCUT2D eigenvalue weighted by atomic mass is 10.3. The topological polar surface area (TPSA) is 89.6 Å². The van der Waals surface area contributed by atoms with Gasteiger partial charge in [-0.25, -0.2) is 0 Å². The minimum atomic E-state index is -1.17. The van der Waals surface area contributed by atoms with E-state index in [4.69, 9.17) is 10.8 Å². The molecule has 0 amide bonds. The van der Waals surface area contributed by atoms with Gasteiger partial charge in [-0.15, -0.1) is 0 Å². The van der Waals surface area contributed by atoms with Crippen molar-refractivity contribution < 1.29 is 19.4 Å². The van der Waals surface area contributed by atoms with Crippen LogP contribution in [0.25, 0.3) is 0 Å². The van der Waals surface area contributed by atoms with Crippen LogP contribution in [0.3, 0.4) is 0 Å². The van der Waals surface area contributed by atoms with E-state index in [9.17, 15) is 9.59 Å². The van der Waals surface area contributed by atoms with Crippen LogP contribution in [0.4, 0.5) is 0 Å². The SMILES string of the molecule is CCC(=O)OCC(N)C(=O)O. The molecule has 0 saturated heterocycles. The molecule has 0 aromatic carbocycles. The van der Waals surface area contributed by atoms with Gasteiger partial charge in [-0.3, -0.25) is 9.59 Å². The third-order valence-corrected chi connectivity index (χ3v) is 1.03. The van der Waals surface area contributed by atoms with Crippen LogP contribution in [-0.4, -0.2) is 29.7 Å². The molecule has 5 heteroatoms. The number of hydrogen-bond donors (Lipinski definition) is 2. The molecule has 1 unspecified atom stereocenters. The van der Waals surface area contributed by atoms with E-state index in [2.05, 4.69) is 4.74 Å². The number of carboxylic acid groups (broad SMARTS) is 1. The van der Waals surface area contributed by atoms with E-state index in [0.717, 1.165) is 0 Å². The summed E-state index contributed by atoms with van der Waals surface area (Å²) in [5.74, 6) is -1.62. The third-order valence-electron chi connectivity index (χ3n) is 1.03. The predicted octanol–water partition coefficient (Wildman–Crippen LogP) is -0.648. The van der Waals surface area contributed by atoms with Gasteiger partial charge in [0.2, 0.25) is 0 Å². The van der Waals surface area contributed by atoms with Crippen LogP contribution < -0.4 is 5.73 Å². The lowest BCUT2D eigenvalue weighted by Crippen LogP contribution is -2.35. The van der Waals surface area contributed by atoms with Gasteiger partial charge in [-0.2, -0.15) is 0 Å². The molecule has 3 N–H and O–H groups in total. The van der Waals surface area contributed by atoms with Crippen LogP contribution in [0, 0.1) is 0 Å². The zero-order valence-corrected chi connectivity index (χ0v) is 6.24. The highest BCUT2D eigenvalue weighted by molar-refractivity contribution is 5.74. The predicted molar refractivity (Wildman–Crippen MR) is 36.9 cm³/mol. The van der Waals surface area contributed by atoms with Gasteiger partial charge in [0.15, 0.2) is 0 Å². The summed E-state index contributed by atoms with van der Waals surface area (Å²) in [5, 5.41) is 8.25. The van der Waals surface area contributed by atoms with Gasteiger partial charge in [-0.05, 0) is 0 Å². The summed E-state index contributed by atoms with van der Waals surface area (Å²) in [5.41, 5.74) is 5.04. The summed E-state index contributed by atoms with van der Waals surface area (Å²) < 4.78 is 4.47. The molecule has 64 valence electrons. The summed E-state index contributed by atoms with van der Waals surface area (Å²) in [6.07, 6.45) is 0.229. The van der Waals surface area contributed by atoms with Crippen molar-refractivity contribution in [1.82, 2.24) is 0 Å². The van der Waals surface area contributed by atoms with Crippen molar-refractivity contribution >= 4 is 11.9 Å². The molecule has 0 bridgehead atoms. The second kappa shape index (κ2) is 4.68. The first kappa shape index (κ1) is 9.90. The minimum absolute atomic E-state index is 0.229. The van der Waals surface area contributed by atoms with Gasteiger partial charge < -0.3 is 15.6 Å². The van der Waals surface area contributed by atoms with Crippen molar-refractivity contribution in [2.24, 2.45) is 5.73 Å². The van der Waals surface area contributed by atoms with Crippen LogP contribution in [-0.2, 0) is 14.3 Å².